The Morgan fingerprint density at radius 2 is 2.24 bits per heavy atom. The minimum atomic E-state index is -0.568. The third kappa shape index (κ3) is 4.05. The molecule has 1 fully saturated rings. The molecule has 4 heteroatoms. The summed E-state index contributed by atoms with van der Waals surface area (Å²) in [6.07, 6.45) is 3.76. The third-order valence-electron chi connectivity index (χ3n) is 3.92. The Kier molecular flexibility index (Phi) is 4.98. The predicted octanol–water partition coefficient (Wildman–Crippen LogP) is 2.48. The number of aliphatic hydroxyl groups is 1. The standard InChI is InChI=1S/C17H20FNO2/c1-17(8-4-9-17)12-19-16(21)14-7-6-13(11-15(14)18)5-2-3-10-20/h6-7,11,20H,3-4,8-10,12H2,1H3,(H,19,21). The Labute approximate surface area is 124 Å². The van der Waals surface area contributed by atoms with E-state index in [4.69, 9.17) is 5.11 Å². The minimum Gasteiger partial charge on any atom is -0.395 e. The third-order valence-corrected chi connectivity index (χ3v) is 3.92. The van der Waals surface area contributed by atoms with Crippen LogP contribution in [-0.4, -0.2) is 24.2 Å². The maximum Gasteiger partial charge on any atom is 0.254 e. The first-order valence-corrected chi connectivity index (χ1v) is 7.22. The number of rotatable bonds is 4. The highest BCUT2D eigenvalue weighted by atomic mass is 19.1. The fourth-order valence-electron chi connectivity index (χ4n) is 2.34. The first kappa shape index (κ1) is 15.5. The van der Waals surface area contributed by atoms with Crippen molar-refractivity contribution in [3.05, 3.63) is 35.1 Å². The lowest BCUT2D eigenvalue weighted by Gasteiger charge is -2.38. The maximum atomic E-state index is 13.9. The number of nitrogens with one attached hydrogen (secondary N) is 1. The molecule has 1 amide bonds. The second-order valence-electron chi connectivity index (χ2n) is 5.82. The van der Waals surface area contributed by atoms with Crippen LogP contribution >= 0.6 is 0 Å². The zero-order valence-electron chi connectivity index (χ0n) is 12.2. The van der Waals surface area contributed by atoms with Crippen molar-refractivity contribution in [3.63, 3.8) is 0 Å². The molecule has 0 radical (unpaired) electrons. The van der Waals surface area contributed by atoms with E-state index in [1.165, 1.54) is 18.6 Å². The van der Waals surface area contributed by atoms with Gasteiger partial charge in [-0.15, -0.1) is 0 Å². The Morgan fingerprint density at radius 1 is 1.48 bits per heavy atom. The fourth-order valence-corrected chi connectivity index (χ4v) is 2.34. The van der Waals surface area contributed by atoms with Crippen LogP contribution in [-0.2, 0) is 0 Å². The van der Waals surface area contributed by atoms with Crippen molar-refractivity contribution in [1.29, 1.82) is 0 Å². The quantitative estimate of drug-likeness (QED) is 0.837. The SMILES string of the molecule is CC1(CNC(=O)c2ccc(C#CCCO)cc2F)CCC1. The van der Waals surface area contributed by atoms with Crippen LogP contribution in [0.3, 0.4) is 0 Å². The van der Waals surface area contributed by atoms with E-state index >= 15 is 0 Å². The van der Waals surface area contributed by atoms with Crippen LogP contribution in [0.4, 0.5) is 4.39 Å². The maximum absolute atomic E-state index is 13.9. The van der Waals surface area contributed by atoms with Crippen LogP contribution in [0.5, 0.6) is 0 Å². The molecule has 112 valence electrons. The highest BCUT2D eigenvalue weighted by Gasteiger charge is 2.32. The average Bonchev–Trinajstić information content (AvgIpc) is 2.43. The minimum absolute atomic E-state index is 0.0191. The van der Waals surface area contributed by atoms with Crippen LogP contribution in [0.25, 0.3) is 0 Å². The number of benzene rings is 1. The molecule has 0 saturated heterocycles. The summed E-state index contributed by atoms with van der Waals surface area (Å²) in [4.78, 5) is 12.0. The Hall–Kier alpha value is -1.86. The summed E-state index contributed by atoms with van der Waals surface area (Å²) in [5.74, 6) is 4.52. The number of hydrogen-bond donors (Lipinski definition) is 2. The molecule has 1 aliphatic carbocycles. The van der Waals surface area contributed by atoms with Gasteiger partial charge in [-0.1, -0.05) is 25.2 Å². The molecule has 21 heavy (non-hydrogen) atoms. The second kappa shape index (κ2) is 6.73. The van der Waals surface area contributed by atoms with E-state index in [9.17, 15) is 9.18 Å². The zero-order chi connectivity index (χ0) is 15.3. The summed E-state index contributed by atoms with van der Waals surface area (Å²) in [6.45, 7) is 2.70. The highest BCUT2D eigenvalue weighted by Crippen LogP contribution is 2.39. The Balaban J connectivity index is 1.99. The molecular weight excluding hydrogens is 269 g/mol. The lowest BCUT2D eigenvalue weighted by molar-refractivity contribution is 0.0887. The molecule has 0 aromatic heterocycles. The van der Waals surface area contributed by atoms with Crippen LogP contribution in [0.1, 0.15) is 48.5 Å². The largest absolute Gasteiger partial charge is 0.395 e. The van der Waals surface area contributed by atoms with Crippen LogP contribution in [0.2, 0.25) is 0 Å². The van der Waals surface area contributed by atoms with Crippen molar-refractivity contribution in [1.82, 2.24) is 5.32 Å². The van der Waals surface area contributed by atoms with Gasteiger partial charge in [-0.2, -0.15) is 0 Å². The predicted molar refractivity (Wildman–Crippen MR) is 79.3 cm³/mol. The normalized spacial score (nSPS) is 15.6. The number of carbonyl (C=O) groups excluding carboxylic acids is 1. The van der Waals surface area contributed by atoms with Gasteiger partial charge in [0.25, 0.3) is 5.91 Å². The van der Waals surface area contributed by atoms with E-state index in [-0.39, 0.29) is 23.5 Å². The number of carbonyl (C=O) groups is 1. The molecule has 1 aliphatic rings. The van der Waals surface area contributed by atoms with Gasteiger partial charge < -0.3 is 10.4 Å². The van der Waals surface area contributed by atoms with Gasteiger partial charge in [0.05, 0.1) is 12.2 Å². The van der Waals surface area contributed by atoms with Crippen LogP contribution in [0.15, 0.2) is 18.2 Å². The van der Waals surface area contributed by atoms with Crippen molar-refractivity contribution in [2.75, 3.05) is 13.2 Å². The molecule has 3 nitrogen and oxygen atoms in total. The van der Waals surface area contributed by atoms with E-state index in [2.05, 4.69) is 24.1 Å². The highest BCUT2D eigenvalue weighted by molar-refractivity contribution is 5.94. The molecule has 1 aromatic rings. The van der Waals surface area contributed by atoms with Gasteiger partial charge in [0.1, 0.15) is 5.82 Å². The number of halogens is 1. The summed E-state index contributed by atoms with van der Waals surface area (Å²) >= 11 is 0. The summed E-state index contributed by atoms with van der Waals surface area (Å²) in [7, 11) is 0. The molecule has 0 bridgehead atoms. The van der Waals surface area contributed by atoms with Gasteiger partial charge in [-0.05, 0) is 36.5 Å². The van der Waals surface area contributed by atoms with Crippen molar-refractivity contribution in [2.45, 2.75) is 32.6 Å². The molecule has 0 spiro atoms. The molecule has 0 atom stereocenters. The summed E-state index contributed by atoms with van der Waals surface area (Å²) in [5, 5.41) is 11.4. The van der Waals surface area contributed by atoms with Gasteiger partial charge in [0.15, 0.2) is 0 Å². The van der Waals surface area contributed by atoms with Gasteiger partial charge in [0.2, 0.25) is 0 Å². The molecule has 2 N–H and O–H groups in total. The molecule has 0 unspecified atom stereocenters. The molecule has 1 aromatic carbocycles. The lowest BCUT2D eigenvalue weighted by Crippen LogP contribution is -2.40. The number of aliphatic hydroxyl groups excluding tert-OH is 1. The summed E-state index contributed by atoms with van der Waals surface area (Å²) in [6, 6.07) is 4.33. The first-order chi connectivity index (χ1) is 10.0. The van der Waals surface area contributed by atoms with Gasteiger partial charge in [-0.25, -0.2) is 4.39 Å². The fraction of sp³-hybridized carbons (Fsp3) is 0.471. The lowest BCUT2D eigenvalue weighted by atomic mass is 9.70. The van der Waals surface area contributed by atoms with E-state index in [0.717, 1.165) is 12.8 Å². The monoisotopic (exact) mass is 289 g/mol. The Morgan fingerprint density at radius 3 is 2.81 bits per heavy atom. The van der Waals surface area contributed by atoms with Crippen molar-refractivity contribution in [2.24, 2.45) is 5.41 Å². The van der Waals surface area contributed by atoms with Crippen LogP contribution in [0, 0.1) is 23.1 Å². The first-order valence-electron chi connectivity index (χ1n) is 7.22. The van der Waals surface area contributed by atoms with Crippen LogP contribution < -0.4 is 5.32 Å². The molecule has 2 rings (SSSR count). The topological polar surface area (TPSA) is 49.3 Å². The molecule has 1 saturated carbocycles. The van der Waals surface area contributed by atoms with E-state index in [1.54, 1.807) is 6.07 Å². The van der Waals surface area contributed by atoms with E-state index < -0.39 is 5.82 Å². The zero-order valence-corrected chi connectivity index (χ0v) is 12.2. The molecular formula is C17H20FNO2. The molecule has 0 aliphatic heterocycles. The van der Waals surface area contributed by atoms with E-state index in [0.29, 0.717) is 18.5 Å². The van der Waals surface area contributed by atoms with Crippen molar-refractivity contribution in [3.8, 4) is 11.8 Å². The number of amides is 1. The molecule has 0 heterocycles. The smallest absolute Gasteiger partial charge is 0.254 e. The Bertz CT molecular complexity index is 582. The number of hydrogen-bond acceptors (Lipinski definition) is 2. The summed E-state index contributed by atoms with van der Waals surface area (Å²) in [5.41, 5.74) is 0.719. The summed E-state index contributed by atoms with van der Waals surface area (Å²) < 4.78 is 13.9. The van der Waals surface area contributed by atoms with Gasteiger partial charge in [-0.3, -0.25) is 4.79 Å². The van der Waals surface area contributed by atoms with E-state index in [1.807, 2.05) is 0 Å². The van der Waals surface area contributed by atoms with Crippen molar-refractivity contribution < 1.29 is 14.3 Å². The van der Waals surface area contributed by atoms with Gasteiger partial charge in [0, 0.05) is 18.5 Å². The second-order valence-corrected chi connectivity index (χ2v) is 5.82. The average molecular weight is 289 g/mol. The van der Waals surface area contributed by atoms with Crippen molar-refractivity contribution >= 4 is 5.91 Å². The van der Waals surface area contributed by atoms with Gasteiger partial charge >= 0.3 is 0 Å².